The Balaban J connectivity index is 1.34. The molecular weight excluding hydrogens is 452 g/mol. The first kappa shape index (κ1) is 22.4. The van der Waals surface area contributed by atoms with E-state index in [1.807, 2.05) is 18.2 Å². The van der Waals surface area contributed by atoms with Crippen molar-refractivity contribution >= 4 is 45.8 Å². The largest absolute Gasteiger partial charge is 0.435 e. The van der Waals surface area contributed by atoms with Gasteiger partial charge in [0, 0.05) is 18.5 Å². The van der Waals surface area contributed by atoms with Gasteiger partial charge in [-0.15, -0.1) is 0 Å². The number of aromatic nitrogens is 1. The van der Waals surface area contributed by atoms with E-state index >= 15 is 0 Å². The Labute approximate surface area is 191 Å². The van der Waals surface area contributed by atoms with E-state index in [1.165, 1.54) is 30.3 Å². The molecule has 1 aromatic heterocycles. The highest BCUT2D eigenvalue weighted by molar-refractivity contribution is 8.18. The Kier molecular flexibility index (Phi) is 6.64. The Bertz CT molecular complexity index is 1250. The molecule has 0 saturated carbocycles. The van der Waals surface area contributed by atoms with Gasteiger partial charge in [0.25, 0.3) is 17.1 Å². The number of carbonyl (C=O) groups is 3. The first-order valence-electron chi connectivity index (χ1n) is 9.85. The second-order valence-corrected chi connectivity index (χ2v) is 7.92. The van der Waals surface area contributed by atoms with Gasteiger partial charge in [0.05, 0.1) is 10.4 Å². The molecule has 0 spiro atoms. The number of benzene rings is 2. The number of amides is 3. The molecule has 0 unspecified atom stereocenters. The lowest BCUT2D eigenvalue weighted by molar-refractivity contribution is -0.122. The molecule has 3 aromatic rings. The predicted octanol–water partition coefficient (Wildman–Crippen LogP) is 4.30. The van der Waals surface area contributed by atoms with Gasteiger partial charge in [-0.1, -0.05) is 36.4 Å². The third-order valence-electron chi connectivity index (χ3n) is 4.73. The van der Waals surface area contributed by atoms with Gasteiger partial charge in [-0.05, 0) is 47.7 Å². The summed E-state index contributed by atoms with van der Waals surface area (Å²) >= 11 is 0.770. The molecule has 1 aliphatic heterocycles. The van der Waals surface area contributed by atoms with Crippen LogP contribution in [0.1, 0.15) is 16.1 Å². The minimum absolute atomic E-state index is 0.00247. The summed E-state index contributed by atoms with van der Waals surface area (Å²) in [6, 6.07) is 16.5. The molecule has 1 aliphatic rings. The lowest BCUT2D eigenvalue weighted by Gasteiger charge is -2.13. The van der Waals surface area contributed by atoms with E-state index in [2.05, 4.69) is 15.0 Å². The van der Waals surface area contributed by atoms with Crippen LogP contribution in [0.5, 0.6) is 5.75 Å². The number of imide groups is 1. The molecule has 33 heavy (non-hydrogen) atoms. The molecule has 2 aromatic carbocycles. The summed E-state index contributed by atoms with van der Waals surface area (Å²) in [7, 11) is 0. The molecule has 10 heteroatoms. The van der Waals surface area contributed by atoms with Gasteiger partial charge in [0.2, 0.25) is 0 Å². The number of pyridine rings is 1. The number of alkyl halides is 2. The number of para-hydroxylation sites is 1. The number of nitrogens with one attached hydrogen (secondary N) is 1. The van der Waals surface area contributed by atoms with E-state index in [-0.39, 0.29) is 29.4 Å². The lowest BCUT2D eigenvalue weighted by atomic mass is 10.2. The monoisotopic (exact) mass is 469 g/mol. The highest BCUT2D eigenvalue weighted by Gasteiger charge is 2.34. The van der Waals surface area contributed by atoms with Crippen molar-refractivity contribution in [3.8, 4) is 5.75 Å². The molecular formula is C23H17F2N3O4S. The average Bonchev–Trinajstić information content (AvgIpc) is 3.07. The minimum atomic E-state index is -2.93. The SMILES string of the molecule is O=C(NCCN1C(=O)S/C(=C\c2ccc(OC(F)F)cc2)C1=O)c1ccc2ccccc2n1. The van der Waals surface area contributed by atoms with Crippen molar-refractivity contribution in [2.45, 2.75) is 6.61 Å². The van der Waals surface area contributed by atoms with Crippen LogP contribution in [0.15, 0.2) is 65.6 Å². The van der Waals surface area contributed by atoms with E-state index in [0.29, 0.717) is 11.1 Å². The van der Waals surface area contributed by atoms with Crippen LogP contribution < -0.4 is 10.1 Å². The van der Waals surface area contributed by atoms with Gasteiger partial charge in [0.15, 0.2) is 0 Å². The number of hydrogen-bond acceptors (Lipinski definition) is 6. The zero-order chi connectivity index (χ0) is 23.4. The minimum Gasteiger partial charge on any atom is -0.435 e. The van der Waals surface area contributed by atoms with Crippen molar-refractivity contribution in [2.24, 2.45) is 0 Å². The highest BCUT2D eigenvalue weighted by atomic mass is 32.2. The molecule has 4 rings (SSSR count). The molecule has 1 saturated heterocycles. The molecule has 7 nitrogen and oxygen atoms in total. The molecule has 1 fully saturated rings. The van der Waals surface area contributed by atoms with E-state index in [1.54, 1.807) is 18.2 Å². The third-order valence-corrected chi connectivity index (χ3v) is 5.64. The lowest BCUT2D eigenvalue weighted by Crippen LogP contribution is -2.37. The van der Waals surface area contributed by atoms with E-state index < -0.39 is 23.7 Å². The van der Waals surface area contributed by atoms with E-state index in [4.69, 9.17) is 0 Å². The number of ether oxygens (including phenoxy) is 1. The molecule has 0 aliphatic carbocycles. The predicted molar refractivity (Wildman–Crippen MR) is 120 cm³/mol. The fraction of sp³-hybridized carbons (Fsp3) is 0.130. The maximum Gasteiger partial charge on any atom is 0.387 e. The van der Waals surface area contributed by atoms with Gasteiger partial charge in [-0.3, -0.25) is 19.3 Å². The third kappa shape index (κ3) is 5.35. The van der Waals surface area contributed by atoms with Crippen molar-refractivity contribution in [3.05, 3.63) is 76.8 Å². The van der Waals surface area contributed by atoms with Gasteiger partial charge >= 0.3 is 6.61 Å². The first-order valence-corrected chi connectivity index (χ1v) is 10.7. The zero-order valence-corrected chi connectivity index (χ0v) is 17.9. The first-order chi connectivity index (χ1) is 15.9. The molecule has 0 atom stereocenters. The Morgan fingerprint density at radius 2 is 1.85 bits per heavy atom. The van der Waals surface area contributed by atoms with Crippen LogP contribution in [0.4, 0.5) is 13.6 Å². The van der Waals surface area contributed by atoms with Crippen molar-refractivity contribution in [3.63, 3.8) is 0 Å². The van der Waals surface area contributed by atoms with Crippen LogP contribution in [0.2, 0.25) is 0 Å². The smallest absolute Gasteiger partial charge is 0.387 e. The zero-order valence-electron chi connectivity index (χ0n) is 17.0. The summed E-state index contributed by atoms with van der Waals surface area (Å²) in [5.41, 5.74) is 1.48. The number of nitrogens with zero attached hydrogens (tertiary/aromatic N) is 2. The van der Waals surface area contributed by atoms with Crippen LogP contribution in [-0.4, -0.2) is 46.6 Å². The summed E-state index contributed by atoms with van der Waals surface area (Å²) in [6.07, 6.45) is 1.49. The molecule has 3 amide bonds. The van der Waals surface area contributed by atoms with Crippen molar-refractivity contribution in [2.75, 3.05) is 13.1 Å². The Hall–Kier alpha value is -3.79. The van der Waals surface area contributed by atoms with Gasteiger partial charge < -0.3 is 10.1 Å². The Morgan fingerprint density at radius 3 is 2.61 bits per heavy atom. The van der Waals surface area contributed by atoms with Crippen LogP contribution in [0.25, 0.3) is 17.0 Å². The number of thioether (sulfide) groups is 1. The summed E-state index contributed by atoms with van der Waals surface area (Å²) in [4.78, 5) is 42.8. The van der Waals surface area contributed by atoms with Crippen LogP contribution in [-0.2, 0) is 4.79 Å². The second kappa shape index (κ2) is 9.78. The molecule has 0 bridgehead atoms. The topological polar surface area (TPSA) is 88.6 Å². The number of hydrogen-bond donors (Lipinski definition) is 1. The summed E-state index contributed by atoms with van der Waals surface area (Å²) in [5.74, 6) is -0.905. The molecule has 168 valence electrons. The van der Waals surface area contributed by atoms with Gasteiger partial charge in [-0.25, -0.2) is 4.98 Å². The van der Waals surface area contributed by atoms with Crippen molar-refractivity contribution in [1.82, 2.24) is 15.2 Å². The summed E-state index contributed by atoms with van der Waals surface area (Å²) in [6.45, 7) is -2.86. The number of fused-ring (bicyclic) bond motifs is 1. The maximum atomic E-state index is 12.6. The number of halogens is 2. The maximum absolute atomic E-state index is 12.6. The van der Waals surface area contributed by atoms with Crippen LogP contribution in [0.3, 0.4) is 0 Å². The average molecular weight is 469 g/mol. The fourth-order valence-electron chi connectivity index (χ4n) is 3.15. The molecule has 2 heterocycles. The van der Waals surface area contributed by atoms with Crippen molar-refractivity contribution < 1.29 is 27.9 Å². The summed E-state index contributed by atoms with van der Waals surface area (Å²) < 4.78 is 28.8. The number of rotatable bonds is 7. The van der Waals surface area contributed by atoms with Crippen LogP contribution >= 0.6 is 11.8 Å². The van der Waals surface area contributed by atoms with Gasteiger partial charge in [0.1, 0.15) is 11.4 Å². The standard InChI is InChI=1S/C23H17F2N3O4S/c24-22(25)32-16-8-5-14(6-9-16)13-19-21(30)28(23(31)33-19)12-11-26-20(29)18-10-7-15-3-1-2-4-17(15)27-18/h1-10,13,22H,11-12H2,(H,26,29)/b19-13-. The Morgan fingerprint density at radius 1 is 1.09 bits per heavy atom. The second-order valence-electron chi connectivity index (χ2n) is 6.93. The quantitative estimate of drug-likeness (QED) is 0.519. The van der Waals surface area contributed by atoms with E-state index in [9.17, 15) is 23.2 Å². The van der Waals surface area contributed by atoms with Crippen LogP contribution in [0, 0.1) is 0 Å². The highest BCUT2D eigenvalue weighted by Crippen LogP contribution is 2.32. The molecule has 1 N–H and O–H groups in total. The van der Waals surface area contributed by atoms with E-state index in [0.717, 1.165) is 22.0 Å². The van der Waals surface area contributed by atoms with Crippen molar-refractivity contribution in [1.29, 1.82) is 0 Å². The normalized spacial score (nSPS) is 15.0. The molecule has 0 radical (unpaired) electrons. The number of carbonyl (C=O) groups excluding carboxylic acids is 3. The van der Waals surface area contributed by atoms with Gasteiger partial charge in [-0.2, -0.15) is 8.78 Å². The summed E-state index contributed by atoms with van der Waals surface area (Å²) in [5, 5.41) is 3.12. The fourth-order valence-corrected chi connectivity index (χ4v) is 4.02.